The van der Waals surface area contributed by atoms with Crippen molar-refractivity contribution in [3.63, 3.8) is 0 Å². The second-order valence-electron chi connectivity index (χ2n) is 2.63. The number of methoxy groups -OCH3 is 1. The van der Waals surface area contributed by atoms with E-state index >= 15 is 0 Å². The number of nitrogens with zero attached hydrogens (tertiary/aromatic N) is 1. The minimum Gasteiger partial charge on any atom is -0.481 e. The molecule has 13 heavy (non-hydrogen) atoms. The van der Waals surface area contributed by atoms with E-state index in [0.717, 1.165) is 0 Å². The van der Waals surface area contributed by atoms with E-state index in [2.05, 4.69) is 4.98 Å². The average molecular weight is 181 g/mol. The van der Waals surface area contributed by atoms with Gasteiger partial charge in [0.25, 0.3) is 0 Å². The molecule has 4 nitrogen and oxygen atoms in total. The lowest BCUT2D eigenvalue weighted by molar-refractivity contribution is -0.140. The van der Waals surface area contributed by atoms with Gasteiger partial charge in [-0.25, -0.2) is 0 Å². The minimum absolute atomic E-state index is 0.180. The lowest BCUT2D eigenvalue weighted by Gasteiger charge is -2.10. The van der Waals surface area contributed by atoms with Crippen molar-refractivity contribution < 1.29 is 14.6 Å². The maximum Gasteiger partial charge on any atom is 0.313 e. The molecule has 0 radical (unpaired) electrons. The number of pyridine rings is 1. The molecule has 0 aliphatic heterocycles. The number of aliphatic carboxylic acids is 1. The van der Waals surface area contributed by atoms with Crippen molar-refractivity contribution in [2.75, 3.05) is 13.7 Å². The van der Waals surface area contributed by atoms with Crippen molar-refractivity contribution in [3.05, 3.63) is 30.1 Å². The number of aromatic nitrogens is 1. The molecule has 1 atom stereocenters. The molecular formula is C9H11NO3. The van der Waals surface area contributed by atoms with E-state index in [0.29, 0.717) is 5.56 Å². The van der Waals surface area contributed by atoms with Crippen molar-refractivity contribution in [1.29, 1.82) is 0 Å². The van der Waals surface area contributed by atoms with E-state index in [1.165, 1.54) is 7.11 Å². The summed E-state index contributed by atoms with van der Waals surface area (Å²) in [6.45, 7) is 0.180. The highest BCUT2D eigenvalue weighted by Crippen LogP contribution is 2.14. The number of carboxylic acids is 1. The third-order valence-corrected chi connectivity index (χ3v) is 1.74. The van der Waals surface area contributed by atoms with E-state index in [4.69, 9.17) is 9.84 Å². The number of hydrogen-bond donors (Lipinski definition) is 1. The third kappa shape index (κ3) is 2.52. The van der Waals surface area contributed by atoms with E-state index in [1.54, 1.807) is 24.5 Å². The molecule has 70 valence electrons. The van der Waals surface area contributed by atoms with Crippen LogP contribution in [0.2, 0.25) is 0 Å². The molecule has 0 saturated carbocycles. The second-order valence-corrected chi connectivity index (χ2v) is 2.63. The standard InChI is InChI=1S/C9H11NO3/c1-13-6-8(9(11)12)7-2-4-10-5-3-7/h2-5,8H,6H2,1H3,(H,11,12). The maximum absolute atomic E-state index is 10.8. The summed E-state index contributed by atoms with van der Waals surface area (Å²) in [7, 11) is 1.48. The average Bonchev–Trinajstić information content (AvgIpc) is 2.15. The van der Waals surface area contributed by atoms with Crippen LogP contribution < -0.4 is 0 Å². The van der Waals surface area contributed by atoms with Gasteiger partial charge < -0.3 is 9.84 Å². The molecule has 0 aromatic carbocycles. The molecule has 1 heterocycles. The molecule has 1 aromatic heterocycles. The van der Waals surface area contributed by atoms with E-state index in [-0.39, 0.29) is 6.61 Å². The molecule has 1 unspecified atom stereocenters. The number of carbonyl (C=O) groups is 1. The van der Waals surface area contributed by atoms with Gasteiger partial charge in [-0.1, -0.05) is 0 Å². The first-order chi connectivity index (χ1) is 6.25. The van der Waals surface area contributed by atoms with Gasteiger partial charge in [-0.2, -0.15) is 0 Å². The van der Waals surface area contributed by atoms with Crippen LogP contribution in [-0.4, -0.2) is 29.8 Å². The van der Waals surface area contributed by atoms with Crippen LogP contribution in [0.1, 0.15) is 11.5 Å². The van der Waals surface area contributed by atoms with Gasteiger partial charge in [-0.15, -0.1) is 0 Å². The molecule has 0 saturated heterocycles. The Morgan fingerprint density at radius 2 is 2.23 bits per heavy atom. The van der Waals surface area contributed by atoms with E-state index < -0.39 is 11.9 Å². The van der Waals surface area contributed by atoms with Crippen molar-refractivity contribution in [2.24, 2.45) is 0 Å². The molecule has 1 aromatic rings. The zero-order chi connectivity index (χ0) is 9.68. The Morgan fingerprint density at radius 3 is 2.69 bits per heavy atom. The van der Waals surface area contributed by atoms with Gasteiger partial charge in [-0.3, -0.25) is 9.78 Å². The molecule has 0 aliphatic rings. The molecule has 1 rings (SSSR count). The molecule has 0 bridgehead atoms. The number of rotatable bonds is 4. The SMILES string of the molecule is COCC(C(=O)O)c1ccncc1. The van der Waals surface area contributed by atoms with Crippen molar-refractivity contribution in [1.82, 2.24) is 4.98 Å². The van der Waals surface area contributed by atoms with Gasteiger partial charge in [0.05, 0.1) is 6.61 Å². The number of ether oxygens (including phenoxy) is 1. The molecule has 0 amide bonds. The summed E-state index contributed by atoms with van der Waals surface area (Å²) < 4.78 is 4.82. The summed E-state index contributed by atoms with van der Waals surface area (Å²) in [5.41, 5.74) is 0.712. The summed E-state index contributed by atoms with van der Waals surface area (Å²) in [5.74, 6) is -1.49. The third-order valence-electron chi connectivity index (χ3n) is 1.74. The van der Waals surface area contributed by atoms with Crippen LogP contribution in [0.4, 0.5) is 0 Å². The Kier molecular flexibility index (Phi) is 3.40. The van der Waals surface area contributed by atoms with Crippen LogP contribution in [-0.2, 0) is 9.53 Å². The van der Waals surface area contributed by atoms with Gasteiger partial charge >= 0.3 is 5.97 Å². The highest BCUT2D eigenvalue weighted by atomic mass is 16.5. The predicted molar refractivity (Wildman–Crippen MR) is 46.5 cm³/mol. The summed E-state index contributed by atoms with van der Waals surface area (Å²) in [6.07, 6.45) is 3.14. The summed E-state index contributed by atoms with van der Waals surface area (Å²) in [5, 5.41) is 8.86. The Hall–Kier alpha value is -1.42. The first kappa shape index (κ1) is 9.67. The van der Waals surface area contributed by atoms with Crippen LogP contribution in [0.15, 0.2) is 24.5 Å². The fraction of sp³-hybridized carbons (Fsp3) is 0.333. The minimum atomic E-state index is -0.881. The lowest BCUT2D eigenvalue weighted by Crippen LogP contribution is -2.16. The van der Waals surface area contributed by atoms with Crippen LogP contribution in [0.5, 0.6) is 0 Å². The molecule has 4 heteroatoms. The van der Waals surface area contributed by atoms with Crippen molar-refractivity contribution >= 4 is 5.97 Å². The smallest absolute Gasteiger partial charge is 0.313 e. The van der Waals surface area contributed by atoms with Crippen LogP contribution >= 0.6 is 0 Å². The van der Waals surface area contributed by atoms with Crippen LogP contribution in [0.3, 0.4) is 0 Å². The Bertz CT molecular complexity index is 273. The fourth-order valence-electron chi connectivity index (χ4n) is 1.07. The Balaban J connectivity index is 2.82. The highest BCUT2D eigenvalue weighted by Gasteiger charge is 2.18. The zero-order valence-electron chi connectivity index (χ0n) is 7.30. The van der Waals surface area contributed by atoms with Crippen LogP contribution in [0.25, 0.3) is 0 Å². The van der Waals surface area contributed by atoms with Crippen molar-refractivity contribution in [3.8, 4) is 0 Å². The number of carboxylic acid groups (broad SMARTS) is 1. The predicted octanol–water partition coefficient (Wildman–Crippen LogP) is 0.896. The van der Waals surface area contributed by atoms with Gasteiger partial charge in [-0.05, 0) is 17.7 Å². The van der Waals surface area contributed by atoms with Gasteiger partial charge in [0.2, 0.25) is 0 Å². The molecule has 0 aliphatic carbocycles. The van der Waals surface area contributed by atoms with Gasteiger partial charge in [0.1, 0.15) is 5.92 Å². The highest BCUT2D eigenvalue weighted by molar-refractivity contribution is 5.76. The van der Waals surface area contributed by atoms with E-state index in [1.807, 2.05) is 0 Å². The first-order valence-electron chi connectivity index (χ1n) is 3.87. The summed E-state index contributed by atoms with van der Waals surface area (Å²) >= 11 is 0. The quantitative estimate of drug-likeness (QED) is 0.749. The monoisotopic (exact) mass is 181 g/mol. The molecule has 0 fully saturated rings. The maximum atomic E-state index is 10.8. The normalized spacial score (nSPS) is 12.4. The Labute approximate surface area is 76.2 Å². The summed E-state index contributed by atoms with van der Waals surface area (Å²) in [4.78, 5) is 14.6. The molecular weight excluding hydrogens is 170 g/mol. The largest absolute Gasteiger partial charge is 0.481 e. The van der Waals surface area contributed by atoms with Gasteiger partial charge in [0.15, 0.2) is 0 Å². The number of hydrogen-bond acceptors (Lipinski definition) is 3. The second kappa shape index (κ2) is 4.57. The van der Waals surface area contributed by atoms with Crippen molar-refractivity contribution in [2.45, 2.75) is 5.92 Å². The zero-order valence-corrected chi connectivity index (χ0v) is 7.30. The Morgan fingerprint density at radius 1 is 1.62 bits per heavy atom. The topological polar surface area (TPSA) is 59.4 Å². The van der Waals surface area contributed by atoms with Gasteiger partial charge in [0, 0.05) is 19.5 Å². The summed E-state index contributed by atoms with van der Waals surface area (Å²) in [6, 6.07) is 3.36. The molecule has 1 N–H and O–H groups in total. The van der Waals surface area contributed by atoms with E-state index in [9.17, 15) is 4.79 Å². The molecule has 0 spiro atoms. The fourth-order valence-corrected chi connectivity index (χ4v) is 1.07. The lowest BCUT2D eigenvalue weighted by atomic mass is 10.0. The van der Waals surface area contributed by atoms with Crippen LogP contribution in [0, 0.1) is 0 Å². The first-order valence-corrected chi connectivity index (χ1v) is 3.87.